The number of aliphatic hydroxyl groups excluding tert-OH is 1. The number of carbonyl (C=O) groups excluding carboxylic acids is 1. The van der Waals surface area contributed by atoms with Gasteiger partial charge in [0.2, 0.25) is 0 Å². The molecule has 19 heavy (non-hydrogen) atoms. The zero-order valence-electron chi connectivity index (χ0n) is 11.0. The second-order valence-electron chi connectivity index (χ2n) is 5.49. The van der Waals surface area contributed by atoms with E-state index >= 15 is 0 Å². The number of carbonyl (C=O) groups is 1. The Kier molecular flexibility index (Phi) is 2.57. The number of fused-ring (bicyclic) bond motifs is 1. The summed E-state index contributed by atoms with van der Waals surface area (Å²) in [6.45, 7) is 3.81. The summed E-state index contributed by atoms with van der Waals surface area (Å²) < 4.78 is 1.91. The van der Waals surface area contributed by atoms with Crippen molar-refractivity contribution in [3.8, 4) is 0 Å². The highest BCUT2D eigenvalue weighted by molar-refractivity contribution is 6.05. The first-order chi connectivity index (χ1) is 9.07. The molecule has 1 aromatic heterocycles. The van der Waals surface area contributed by atoms with Crippen molar-refractivity contribution in [1.82, 2.24) is 9.55 Å². The molecule has 1 atom stereocenters. The number of aliphatic hydroxyl groups is 1. The first-order valence-electron chi connectivity index (χ1n) is 6.32. The minimum Gasteiger partial charge on any atom is -0.390 e. The summed E-state index contributed by atoms with van der Waals surface area (Å²) in [7, 11) is 0. The van der Waals surface area contributed by atoms with E-state index in [4.69, 9.17) is 0 Å². The van der Waals surface area contributed by atoms with Crippen molar-refractivity contribution in [2.24, 2.45) is 5.41 Å². The molecule has 0 saturated carbocycles. The maximum atomic E-state index is 12.5. The molecule has 4 nitrogen and oxygen atoms in total. The van der Waals surface area contributed by atoms with Crippen LogP contribution in [0.4, 0.5) is 0 Å². The standard InChI is InChI=1S/C15H16N2O2/c1-15(2)13(17-9-16-7-10(17)8-18)11-5-3-4-6-12(11)14(15)19/h3-7,9,13,18H,8H2,1-2H3. The second-order valence-corrected chi connectivity index (χ2v) is 5.49. The van der Waals surface area contributed by atoms with Crippen LogP contribution in [-0.4, -0.2) is 20.4 Å². The monoisotopic (exact) mass is 256 g/mol. The summed E-state index contributed by atoms with van der Waals surface area (Å²) in [5, 5.41) is 9.41. The lowest BCUT2D eigenvalue weighted by Crippen LogP contribution is -2.29. The van der Waals surface area contributed by atoms with Crippen LogP contribution in [0.1, 0.15) is 41.5 Å². The van der Waals surface area contributed by atoms with E-state index in [1.165, 1.54) is 0 Å². The predicted molar refractivity (Wildman–Crippen MR) is 70.8 cm³/mol. The van der Waals surface area contributed by atoms with Gasteiger partial charge in [0.15, 0.2) is 5.78 Å². The van der Waals surface area contributed by atoms with E-state index in [9.17, 15) is 9.90 Å². The van der Waals surface area contributed by atoms with Crippen LogP contribution in [0.5, 0.6) is 0 Å². The van der Waals surface area contributed by atoms with Gasteiger partial charge in [-0.2, -0.15) is 0 Å². The van der Waals surface area contributed by atoms with E-state index in [1.807, 2.05) is 42.7 Å². The van der Waals surface area contributed by atoms with Gasteiger partial charge < -0.3 is 9.67 Å². The van der Waals surface area contributed by atoms with Crippen LogP contribution in [0.3, 0.4) is 0 Å². The lowest BCUT2D eigenvalue weighted by atomic mass is 9.84. The third-order valence-electron chi connectivity index (χ3n) is 3.96. The molecule has 0 bridgehead atoms. The van der Waals surface area contributed by atoms with E-state index in [2.05, 4.69) is 4.98 Å². The fourth-order valence-corrected chi connectivity index (χ4v) is 2.99. The van der Waals surface area contributed by atoms with Gasteiger partial charge in [0.1, 0.15) is 0 Å². The van der Waals surface area contributed by atoms with Crippen LogP contribution in [0.2, 0.25) is 0 Å². The van der Waals surface area contributed by atoms with E-state index in [-0.39, 0.29) is 18.4 Å². The Bertz CT molecular complexity index is 643. The van der Waals surface area contributed by atoms with Crippen LogP contribution >= 0.6 is 0 Å². The van der Waals surface area contributed by atoms with Crippen LogP contribution in [0.15, 0.2) is 36.8 Å². The first-order valence-corrected chi connectivity index (χ1v) is 6.32. The number of benzene rings is 1. The molecular weight excluding hydrogens is 240 g/mol. The molecule has 1 N–H and O–H groups in total. The Hall–Kier alpha value is -1.94. The molecule has 0 saturated heterocycles. The number of rotatable bonds is 2. The molecule has 3 rings (SSSR count). The summed E-state index contributed by atoms with van der Waals surface area (Å²) >= 11 is 0. The maximum Gasteiger partial charge on any atom is 0.171 e. The predicted octanol–water partition coefficient (Wildman–Crippen LogP) is 2.19. The van der Waals surface area contributed by atoms with Gasteiger partial charge in [0.25, 0.3) is 0 Å². The minimum absolute atomic E-state index is 0.0804. The van der Waals surface area contributed by atoms with Gasteiger partial charge in [0, 0.05) is 5.56 Å². The van der Waals surface area contributed by atoms with Gasteiger partial charge in [-0.25, -0.2) is 4.98 Å². The normalized spacial score (nSPS) is 20.6. The van der Waals surface area contributed by atoms with Crippen LogP contribution in [-0.2, 0) is 6.61 Å². The van der Waals surface area contributed by atoms with Gasteiger partial charge in [0.05, 0.1) is 36.3 Å². The second kappa shape index (κ2) is 4.03. The van der Waals surface area contributed by atoms with Gasteiger partial charge in [-0.15, -0.1) is 0 Å². The Morgan fingerprint density at radius 3 is 2.84 bits per heavy atom. The Morgan fingerprint density at radius 1 is 1.37 bits per heavy atom. The lowest BCUT2D eigenvalue weighted by Gasteiger charge is -2.28. The summed E-state index contributed by atoms with van der Waals surface area (Å²) in [6.07, 6.45) is 3.33. The van der Waals surface area contributed by atoms with Crippen molar-refractivity contribution in [2.75, 3.05) is 0 Å². The molecule has 4 heteroatoms. The van der Waals surface area contributed by atoms with Crippen LogP contribution in [0.25, 0.3) is 0 Å². The molecule has 1 aromatic carbocycles. The van der Waals surface area contributed by atoms with Gasteiger partial charge >= 0.3 is 0 Å². The molecule has 0 amide bonds. The van der Waals surface area contributed by atoms with Crippen molar-refractivity contribution in [2.45, 2.75) is 26.5 Å². The number of aromatic nitrogens is 2. The Balaban J connectivity index is 2.23. The summed E-state index contributed by atoms with van der Waals surface area (Å²) in [6, 6.07) is 7.57. The molecule has 2 aromatic rings. The van der Waals surface area contributed by atoms with Gasteiger partial charge in [-0.3, -0.25) is 4.79 Å². The zero-order chi connectivity index (χ0) is 13.6. The Labute approximate surface area is 111 Å². The number of imidazole rings is 1. The quantitative estimate of drug-likeness (QED) is 0.896. The third kappa shape index (κ3) is 1.56. The Morgan fingerprint density at radius 2 is 2.11 bits per heavy atom. The summed E-state index contributed by atoms with van der Waals surface area (Å²) in [5.41, 5.74) is 1.97. The van der Waals surface area contributed by atoms with Gasteiger partial charge in [-0.1, -0.05) is 38.1 Å². The van der Waals surface area contributed by atoms with Crippen molar-refractivity contribution in [3.05, 3.63) is 53.6 Å². The van der Waals surface area contributed by atoms with E-state index in [0.717, 1.165) is 16.8 Å². The molecule has 1 aliphatic rings. The molecule has 0 radical (unpaired) electrons. The zero-order valence-corrected chi connectivity index (χ0v) is 11.0. The molecule has 1 aliphatic carbocycles. The molecule has 0 fully saturated rings. The first kappa shape index (κ1) is 12.1. The molecule has 98 valence electrons. The fourth-order valence-electron chi connectivity index (χ4n) is 2.99. The highest BCUT2D eigenvalue weighted by atomic mass is 16.3. The van der Waals surface area contributed by atoms with Crippen molar-refractivity contribution in [3.63, 3.8) is 0 Å². The van der Waals surface area contributed by atoms with E-state index < -0.39 is 5.41 Å². The third-order valence-corrected chi connectivity index (χ3v) is 3.96. The summed E-state index contributed by atoms with van der Waals surface area (Å²) in [4.78, 5) is 16.6. The fraction of sp³-hybridized carbons (Fsp3) is 0.333. The SMILES string of the molecule is CC1(C)C(=O)c2ccccc2C1n1cncc1CO. The van der Waals surface area contributed by atoms with Crippen LogP contribution in [0, 0.1) is 5.41 Å². The summed E-state index contributed by atoms with van der Waals surface area (Å²) in [5.74, 6) is 0.144. The number of hydrogen-bond acceptors (Lipinski definition) is 3. The van der Waals surface area contributed by atoms with Gasteiger partial charge in [-0.05, 0) is 5.56 Å². The average molecular weight is 256 g/mol. The van der Waals surface area contributed by atoms with E-state index in [0.29, 0.717) is 0 Å². The van der Waals surface area contributed by atoms with Crippen molar-refractivity contribution in [1.29, 1.82) is 0 Å². The smallest absolute Gasteiger partial charge is 0.171 e. The number of nitrogens with zero attached hydrogens (tertiary/aromatic N) is 2. The van der Waals surface area contributed by atoms with Crippen LogP contribution < -0.4 is 0 Å². The van der Waals surface area contributed by atoms with E-state index in [1.54, 1.807) is 12.5 Å². The average Bonchev–Trinajstić information content (AvgIpc) is 2.93. The lowest BCUT2D eigenvalue weighted by molar-refractivity contribution is 0.0817. The highest BCUT2D eigenvalue weighted by Gasteiger charge is 2.47. The molecule has 1 unspecified atom stereocenters. The van der Waals surface area contributed by atoms with Crippen molar-refractivity contribution >= 4 is 5.78 Å². The topological polar surface area (TPSA) is 55.1 Å². The minimum atomic E-state index is -0.533. The molecule has 1 heterocycles. The highest BCUT2D eigenvalue weighted by Crippen LogP contribution is 2.47. The van der Waals surface area contributed by atoms with Crippen molar-refractivity contribution < 1.29 is 9.90 Å². The largest absolute Gasteiger partial charge is 0.390 e. The molecule has 0 spiro atoms. The molecular formula is C15H16N2O2. The maximum absolute atomic E-state index is 12.5. The number of hydrogen-bond donors (Lipinski definition) is 1. The number of Topliss-reactive ketones (excluding diaryl/α,β-unsaturated/α-hetero) is 1. The molecule has 0 aliphatic heterocycles. The number of ketones is 1.